The number of rotatable bonds is 2. The Kier molecular flexibility index (Phi) is 7.18. The van der Waals surface area contributed by atoms with Gasteiger partial charge < -0.3 is 14.4 Å². The molecule has 0 aliphatic heterocycles. The summed E-state index contributed by atoms with van der Waals surface area (Å²) in [5.74, 6) is 0. The first-order chi connectivity index (χ1) is 17.8. The molecular formula is C32H22IrN4-2. The molecule has 4 aromatic heterocycles. The van der Waals surface area contributed by atoms with E-state index in [0.29, 0.717) is 0 Å². The maximum absolute atomic E-state index is 4.88. The van der Waals surface area contributed by atoms with Gasteiger partial charge >= 0.3 is 0 Å². The van der Waals surface area contributed by atoms with Crippen LogP contribution in [0.25, 0.3) is 50.0 Å². The molecule has 1 radical (unpaired) electrons. The van der Waals surface area contributed by atoms with Crippen LogP contribution in [0, 0.1) is 19.1 Å². The Bertz CT molecular complexity index is 1700. The Balaban J connectivity index is 0.000000172. The molecule has 3 aromatic carbocycles. The third kappa shape index (κ3) is 4.92. The molecule has 0 saturated heterocycles. The van der Waals surface area contributed by atoms with Crippen LogP contribution in [0.5, 0.6) is 0 Å². The van der Waals surface area contributed by atoms with Gasteiger partial charge in [0.1, 0.15) is 5.65 Å². The zero-order valence-corrected chi connectivity index (χ0v) is 22.5. The Hall–Kier alpha value is -4.18. The molecule has 0 spiro atoms. The van der Waals surface area contributed by atoms with E-state index in [2.05, 4.69) is 63.0 Å². The van der Waals surface area contributed by atoms with Crippen molar-refractivity contribution in [2.45, 2.75) is 6.92 Å². The van der Waals surface area contributed by atoms with Crippen molar-refractivity contribution in [1.82, 2.24) is 19.4 Å². The number of aryl methyl sites for hydroxylation is 1. The second-order valence-corrected chi connectivity index (χ2v) is 8.51. The Morgan fingerprint density at radius 3 is 2.35 bits per heavy atom. The van der Waals surface area contributed by atoms with Crippen LogP contribution in [0.4, 0.5) is 0 Å². The van der Waals surface area contributed by atoms with E-state index in [9.17, 15) is 0 Å². The third-order valence-electron chi connectivity index (χ3n) is 6.05. The van der Waals surface area contributed by atoms with Crippen molar-refractivity contribution in [3.63, 3.8) is 0 Å². The van der Waals surface area contributed by atoms with Gasteiger partial charge in [-0.2, -0.15) is 0 Å². The summed E-state index contributed by atoms with van der Waals surface area (Å²) in [6.07, 6.45) is 5.78. The summed E-state index contributed by atoms with van der Waals surface area (Å²) in [6, 6.07) is 38.7. The van der Waals surface area contributed by atoms with Crippen molar-refractivity contribution < 1.29 is 20.1 Å². The monoisotopic (exact) mass is 655 g/mol. The first kappa shape index (κ1) is 24.5. The summed E-state index contributed by atoms with van der Waals surface area (Å²) in [7, 11) is 0. The fraction of sp³-hybridized carbons (Fsp3) is 0.0312. The van der Waals surface area contributed by atoms with Gasteiger partial charge in [-0.05, 0) is 30.3 Å². The number of benzene rings is 3. The number of fused-ring (bicyclic) bond motifs is 6. The van der Waals surface area contributed by atoms with Gasteiger partial charge in [0.2, 0.25) is 0 Å². The zero-order chi connectivity index (χ0) is 24.3. The van der Waals surface area contributed by atoms with E-state index >= 15 is 0 Å². The van der Waals surface area contributed by atoms with Gasteiger partial charge in [0.25, 0.3) is 0 Å². The van der Waals surface area contributed by atoms with Crippen molar-refractivity contribution >= 4 is 27.5 Å². The van der Waals surface area contributed by atoms with Crippen molar-refractivity contribution in [3.05, 3.63) is 133 Å². The van der Waals surface area contributed by atoms with Gasteiger partial charge in [-0.1, -0.05) is 47.9 Å². The molecule has 0 aliphatic rings. The van der Waals surface area contributed by atoms with E-state index in [4.69, 9.17) is 4.98 Å². The van der Waals surface area contributed by atoms with Crippen molar-refractivity contribution in [2.24, 2.45) is 0 Å². The molecule has 4 heterocycles. The molecule has 4 nitrogen and oxygen atoms in total. The predicted octanol–water partition coefficient (Wildman–Crippen LogP) is 7.36. The molecular weight excluding hydrogens is 633 g/mol. The molecule has 0 aliphatic carbocycles. The molecule has 37 heavy (non-hydrogen) atoms. The number of hydrogen-bond donors (Lipinski definition) is 0. The molecule has 7 aromatic rings. The maximum atomic E-state index is 4.88. The molecule has 181 valence electrons. The zero-order valence-electron chi connectivity index (χ0n) is 20.1. The van der Waals surface area contributed by atoms with E-state index in [1.165, 1.54) is 5.56 Å². The van der Waals surface area contributed by atoms with Crippen LogP contribution in [0.2, 0.25) is 0 Å². The number of aromatic nitrogens is 4. The first-order valence-electron chi connectivity index (χ1n) is 11.8. The normalized spacial score (nSPS) is 10.6. The maximum Gasteiger partial charge on any atom is 0.101 e. The smallest absolute Gasteiger partial charge is 0.101 e. The van der Waals surface area contributed by atoms with Crippen LogP contribution < -0.4 is 0 Å². The average Bonchev–Trinajstić information content (AvgIpc) is 3.41. The Morgan fingerprint density at radius 2 is 1.57 bits per heavy atom. The van der Waals surface area contributed by atoms with Crippen LogP contribution in [0.1, 0.15) is 5.56 Å². The fourth-order valence-corrected chi connectivity index (χ4v) is 4.28. The van der Waals surface area contributed by atoms with Crippen LogP contribution in [-0.2, 0) is 20.1 Å². The second kappa shape index (κ2) is 10.8. The summed E-state index contributed by atoms with van der Waals surface area (Å²) >= 11 is 0. The molecule has 0 N–H and O–H groups in total. The standard InChI is InChI=1S/C20H12N3.C12H10N.Ir/c1-2-7-14(8-3-1)17-13-23-18-11-6-12-21-19(18)15-9-4-5-10-16(15)20(23)22-17;1-10-7-8-12(13-9-10)11-5-3-2-4-6-11;/h1-8,10-13H;2-5,7-9H,1H3;/q2*-1;. The minimum atomic E-state index is 0. The molecule has 0 amide bonds. The van der Waals surface area contributed by atoms with E-state index in [1.54, 1.807) is 0 Å². The molecule has 0 atom stereocenters. The molecule has 5 heteroatoms. The SMILES string of the molecule is Cc1ccc(-c2[c-]cccc2)nc1.[Ir].[c-]1cccc2c1c1ncccc1n1cc(-c3ccccc3)nc21. The molecule has 0 saturated carbocycles. The summed E-state index contributed by atoms with van der Waals surface area (Å²) in [4.78, 5) is 13.8. The number of hydrogen-bond acceptors (Lipinski definition) is 3. The summed E-state index contributed by atoms with van der Waals surface area (Å²) in [6.45, 7) is 2.03. The van der Waals surface area contributed by atoms with E-state index in [0.717, 1.165) is 50.0 Å². The quantitative estimate of drug-likeness (QED) is 0.145. The average molecular weight is 655 g/mol. The second-order valence-electron chi connectivity index (χ2n) is 8.51. The third-order valence-corrected chi connectivity index (χ3v) is 6.05. The molecule has 0 unspecified atom stereocenters. The van der Waals surface area contributed by atoms with Gasteiger partial charge in [-0.25, -0.2) is 4.98 Å². The summed E-state index contributed by atoms with van der Waals surface area (Å²) in [5.41, 5.74) is 8.22. The molecule has 0 bridgehead atoms. The summed E-state index contributed by atoms with van der Waals surface area (Å²) < 4.78 is 2.13. The van der Waals surface area contributed by atoms with Gasteiger partial charge in [-0.3, -0.25) is 0 Å². The minimum Gasteiger partial charge on any atom is -0.314 e. The molecule has 0 fully saturated rings. The number of nitrogens with zero attached hydrogens (tertiary/aromatic N) is 4. The van der Waals surface area contributed by atoms with E-state index in [1.807, 2.05) is 86.0 Å². The van der Waals surface area contributed by atoms with Gasteiger partial charge in [0, 0.05) is 55.3 Å². The molecule has 7 rings (SSSR count). The largest absolute Gasteiger partial charge is 0.314 e. The topological polar surface area (TPSA) is 43.1 Å². The Labute approximate surface area is 229 Å². The van der Waals surface area contributed by atoms with Crippen LogP contribution in [0.3, 0.4) is 0 Å². The van der Waals surface area contributed by atoms with E-state index < -0.39 is 0 Å². The Morgan fingerprint density at radius 1 is 0.730 bits per heavy atom. The fourth-order valence-electron chi connectivity index (χ4n) is 4.28. The van der Waals surface area contributed by atoms with Crippen LogP contribution >= 0.6 is 0 Å². The number of imidazole rings is 1. The predicted molar refractivity (Wildman–Crippen MR) is 146 cm³/mol. The van der Waals surface area contributed by atoms with Crippen molar-refractivity contribution in [1.29, 1.82) is 0 Å². The summed E-state index contributed by atoms with van der Waals surface area (Å²) in [5, 5.41) is 2.08. The van der Waals surface area contributed by atoms with Gasteiger partial charge in [-0.15, -0.1) is 65.5 Å². The van der Waals surface area contributed by atoms with Gasteiger partial charge in [0.05, 0.1) is 5.69 Å². The van der Waals surface area contributed by atoms with Crippen molar-refractivity contribution in [3.8, 4) is 22.5 Å². The van der Waals surface area contributed by atoms with Crippen molar-refractivity contribution in [2.75, 3.05) is 0 Å². The van der Waals surface area contributed by atoms with E-state index in [-0.39, 0.29) is 20.1 Å². The van der Waals surface area contributed by atoms with Crippen LogP contribution in [-0.4, -0.2) is 19.4 Å². The van der Waals surface area contributed by atoms with Crippen LogP contribution in [0.15, 0.2) is 116 Å². The first-order valence-corrected chi connectivity index (χ1v) is 11.8. The number of pyridine rings is 3. The van der Waals surface area contributed by atoms with Gasteiger partial charge in [0.15, 0.2) is 0 Å². The minimum absolute atomic E-state index is 0.